The number of benzene rings is 1. The minimum Gasteiger partial charge on any atom is -0.496 e. The summed E-state index contributed by atoms with van der Waals surface area (Å²) in [5.41, 5.74) is 2.56. The number of hydrogen-bond acceptors (Lipinski definition) is 4. The fraction of sp³-hybridized carbons (Fsp3) is 0.647. The van der Waals surface area contributed by atoms with Crippen molar-refractivity contribution in [1.82, 2.24) is 5.32 Å². The van der Waals surface area contributed by atoms with Crippen molar-refractivity contribution in [2.75, 3.05) is 20.3 Å². The first-order valence-corrected chi connectivity index (χ1v) is 7.79. The van der Waals surface area contributed by atoms with Gasteiger partial charge < -0.3 is 19.5 Å². The highest BCUT2D eigenvalue weighted by molar-refractivity contribution is 5.48. The zero-order valence-electron chi connectivity index (χ0n) is 13.2. The number of hydrogen-bond donors (Lipinski definition) is 1. The van der Waals surface area contributed by atoms with Crippen LogP contribution < -0.4 is 14.8 Å². The molecule has 116 valence electrons. The molecule has 1 atom stereocenters. The Bertz CT molecular complexity index is 509. The lowest BCUT2D eigenvalue weighted by Crippen LogP contribution is -2.46. The molecule has 1 unspecified atom stereocenters. The number of fused-ring (bicyclic) bond motifs is 1. The van der Waals surface area contributed by atoms with Crippen molar-refractivity contribution in [2.45, 2.75) is 51.3 Å². The van der Waals surface area contributed by atoms with E-state index in [2.05, 4.69) is 31.3 Å². The number of methoxy groups -OCH3 is 1. The molecule has 1 aromatic carbocycles. The van der Waals surface area contributed by atoms with Gasteiger partial charge in [0.2, 0.25) is 0 Å². The van der Waals surface area contributed by atoms with Crippen LogP contribution in [0.2, 0.25) is 0 Å². The number of rotatable bonds is 4. The summed E-state index contributed by atoms with van der Waals surface area (Å²) in [5, 5.41) is 3.68. The standard InChI is InChI=1S/C17H25NO3/c1-12-8-13-9-15(19-3)14(10-16(13)21-12)11-18-17(2)4-6-20-7-5-17/h9-10,12,18H,4-8,11H2,1-3H3. The first kappa shape index (κ1) is 14.7. The highest BCUT2D eigenvalue weighted by Crippen LogP contribution is 2.35. The third kappa shape index (κ3) is 3.16. The maximum absolute atomic E-state index is 5.86. The van der Waals surface area contributed by atoms with Gasteiger partial charge in [-0.25, -0.2) is 0 Å². The van der Waals surface area contributed by atoms with Crippen LogP contribution in [-0.4, -0.2) is 32.0 Å². The maximum Gasteiger partial charge on any atom is 0.123 e. The van der Waals surface area contributed by atoms with E-state index in [4.69, 9.17) is 14.2 Å². The monoisotopic (exact) mass is 291 g/mol. The van der Waals surface area contributed by atoms with Crippen molar-refractivity contribution in [3.05, 3.63) is 23.3 Å². The van der Waals surface area contributed by atoms with Gasteiger partial charge in [0.25, 0.3) is 0 Å². The SMILES string of the molecule is COc1cc2c(cc1CNC1(C)CCOCC1)OC(C)C2. The van der Waals surface area contributed by atoms with Crippen LogP contribution in [0.15, 0.2) is 12.1 Å². The van der Waals surface area contributed by atoms with Gasteiger partial charge in [0.05, 0.1) is 7.11 Å². The molecule has 1 fully saturated rings. The van der Waals surface area contributed by atoms with Crippen molar-refractivity contribution >= 4 is 0 Å². The Labute approximate surface area is 126 Å². The van der Waals surface area contributed by atoms with Crippen LogP contribution in [0, 0.1) is 0 Å². The molecule has 1 N–H and O–H groups in total. The second-order valence-electron chi connectivity index (χ2n) is 6.43. The molecule has 0 spiro atoms. The van der Waals surface area contributed by atoms with Crippen molar-refractivity contribution in [1.29, 1.82) is 0 Å². The van der Waals surface area contributed by atoms with Crippen LogP contribution in [0.4, 0.5) is 0 Å². The molecule has 4 nitrogen and oxygen atoms in total. The zero-order valence-corrected chi connectivity index (χ0v) is 13.2. The van der Waals surface area contributed by atoms with Gasteiger partial charge in [-0.05, 0) is 38.8 Å². The van der Waals surface area contributed by atoms with Gasteiger partial charge in [-0.15, -0.1) is 0 Å². The number of nitrogens with one attached hydrogen (secondary N) is 1. The molecule has 2 heterocycles. The van der Waals surface area contributed by atoms with E-state index in [1.807, 2.05) is 0 Å². The molecule has 1 aromatic rings. The minimum absolute atomic E-state index is 0.149. The fourth-order valence-corrected chi connectivity index (χ4v) is 3.12. The van der Waals surface area contributed by atoms with Gasteiger partial charge in [-0.1, -0.05) is 0 Å². The quantitative estimate of drug-likeness (QED) is 0.926. The molecule has 0 saturated carbocycles. The zero-order chi connectivity index (χ0) is 14.9. The van der Waals surface area contributed by atoms with E-state index in [9.17, 15) is 0 Å². The van der Waals surface area contributed by atoms with Crippen LogP contribution in [0.5, 0.6) is 11.5 Å². The Morgan fingerprint density at radius 1 is 1.33 bits per heavy atom. The molecule has 2 aliphatic heterocycles. The predicted octanol–water partition coefficient (Wildman–Crippen LogP) is 2.68. The second-order valence-corrected chi connectivity index (χ2v) is 6.43. The highest BCUT2D eigenvalue weighted by atomic mass is 16.5. The van der Waals surface area contributed by atoms with E-state index in [0.717, 1.165) is 56.1 Å². The maximum atomic E-state index is 5.86. The Hall–Kier alpha value is -1.26. The summed E-state index contributed by atoms with van der Waals surface area (Å²) in [6, 6.07) is 4.26. The van der Waals surface area contributed by atoms with Gasteiger partial charge in [-0.2, -0.15) is 0 Å². The van der Waals surface area contributed by atoms with E-state index in [-0.39, 0.29) is 11.6 Å². The van der Waals surface area contributed by atoms with Crippen LogP contribution >= 0.6 is 0 Å². The normalized spacial score (nSPS) is 23.5. The molecule has 2 aliphatic rings. The molecule has 4 heteroatoms. The molecule has 0 aromatic heterocycles. The van der Waals surface area contributed by atoms with Gasteiger partial charge in [0.15, 0.2) is 0 Å². The van der Waals surface area contributed by atoms with Crippen LogP contribution in [0.1, 0.15) is 37.8 Å². The largest absolute Gasteiger partial charge is 0.496 e. The lowest BCUT2D eigenvalue weighted by molar-refractivity contribution is 0.0445. The molecular formula is C17H25NO3. The molecule has 0 aliphatic carbocycles. The topological polar surface area (TPSA) is 39.7 Å². The summed E-state index contributed by atoms with van der Waals surface area (Å²) in [7, 11) is 1.74. The van der Waals surface area contributed by atoms with Crippen LogP contribution in [0.3, 0.4) is 0 Å². The van der Waals surface area contributed by atoms with Crippen molar-refractivity contribution in [3.8, 4) is 11.5 Å². The Kier molecular flexibility index (Phi) is 4.09. The molecule has 3 rings (SSSR count). The molecule has 1 saturated heterocycles. The summed E-state index contributed by atoms with van der Waals surface area (Å²) in [6.07, 6.45) is 3.33. The molecule has 0 amide bonds. The summed E-state index contributed by atoms with van der Waals surface area (Å²) >= 11 is 0. The third-order valence-electron chi connectivity index (χ3n) is 4.60. The minimum atomic E-state index is 0.149. The second kappa shape index (κ2) is 5.85. The summed E-state index contributed by atoms with van der Waals surface area (Å²) in [4.78, 5) is 0. The van der Waals surface area contributed by atoms with E-state index in [1.54, 1.807) is 7.11 Å². The van der Waals surface area contributed by atoms with Crippen LogP contribution in [-0.2, 0) is 17.7 Å². The van der Waals surface area contributed by atoms with Crippen molar-refractivity contribution < 1.29 is 14.2 Å². The van der Waals surface area contributed by atoms with Gasteiger partial charge >= 0.3 is 0 Å². The molecule has 0 radical (unpaired) electrons. The summed E-state index contributed by atoms with van der Waals surface area (Å²) in [5.74, 6) is 1.96. The van der Waals surface area contributed by atoms with Gasteiger partial charge in [0.1, 0.15) is 17.6 Å². The average molecular weight is 291 g/mol. The molecular weight excluding hydrogens is 266 g/mol. The lowest BCUT2D eigenvalue weighted by atomic mass is 9.92. The smallest absolute Gasteiger partial charge is 0.123 e. The summed E-state index contributed by atoms with van der Waals surface area (Å²) in [6.45, 7) is 6.85. The summed E-state index contributed by atoms with van der Waals surface area (Å²) < 4.78 is 16.9. The Balaban J connectivity index is 1.74. The van der Waals surface area contributed by atoms with E-state index < -0.39 is 0 Å². The van der Waals surface area contributed by atoms with E-state index in [0.29, 0.717) is 0 Å². The molecule has 21 heavy (non-hydrogen) atoms. The predicted molar refractivity (Wildman–Crippen MR) is 82.1 cm³/mol. The first-order chi connectivity index (χ1) is 10.1. The first-order valence-electron chi connectivity index (χ1n) is 7.79. The highest BCUT2D eigenvalue weighted by Gasteiger charge is 2.27. The Morgan fingerprint density at radius 2 is 2.10 bits per heavy atom. The average Bonchev–Trinajstić information content (AvgIpc) is 2.84. The van der Waals surface area contributed by atoms with Crippen molar-refractivity contribution in [3.63, 3.8) is 0 Å². The van der Waals surface area contributed by atoms with Gasteiger partial charge in [0, 0.05) is 42.8 Å². The van der Waals surface area contributed by atoms with Gasteiger partial charge in [-0.3, -0.25) is 0 Å². The van der Waals surface area contributed by atoms with Crippen LogP contribution in [0.25, 0.3) is 0 Å². The lowest BCUT2D eigenvalue weighted by Gasteiger charge is -2.35. The van der Waals surface area contributed by atoms with Crippen molar-refractivity contribution in [2.24, 2.45) is 0 Å². The third-order valence-corrected chi connectivity index (χ3v) is 4.60. The fourth-order valence-electron chi connectivity index (χ4n) is 3.12. The molecule has 0 bridgehead atoms. The number of ether oxygens (including phenoxy) is 3. The van der Waals surface area contributed by atoms with E-state index in [1.165, 1.54) is 5.56 Å². The van der Waals surface area contributed by atoms with E-state index >= 15 is 0 Å². The Morgan fingerprint density at radius 3 is 2.81 bits per heavy atom.